The van der Waals surface area contributed by atoms with Gasteiger partial charge in [0.15, 0.2) is 0 Å². The summed E-state index contributed by atoms with van der Waals surface area (Å²) in [6, 6.07) is -0.910. The lowest BCUT2D eigenvalue weighted by molar-refractivity contribution is -0.870. The predicted octanol–water partition coefficient (Wildman–Crippen LogP) is 20.4. The molecule has 0 saturated heterocycles. The van der Waals surface area contributed by atoms with Crippen LogP contribution in [-0.4, -0.2) is 69.4 Å². The highest BCUT2D eigenvalue weighted by Gasteiger charge is 2.27. The fourth-order valence-corrected chi connectivity index (χ4v) is 10.5. The molecule has 3 atom stereocenters. The number of quaternary nitrogens is 1. The van der Waals surface area contributed by atoms with E-state index in [0.29, 0.717) is 23.9 Å². The SMILES string of the molecule is CCCCC/C=C\C/C=C\C/C=C\C/C=C\CCCC(=O)OC(/C=C/CCCCCCCCCCCCC)C(COP(=O)([O-])OCC[N+](C)(C)C)NC(=O)CCCCCCCCCCCCCCCCCCCCCCCCC. The fraction of sp³-hybridized carbons (Fsp3) is 0.826. The van der Waals surface area contributed by atoms with Crippen LogP contribution in [0.5, 0.6) is 0 Å². The van der Waals surface area contributed by atoms with Crippen LogP contribution in [0.25, 0.3) is 0 Å². The minimum Gasteiger partial charge on any atom is -0.756 e. The minimum absolute atomic E-state index is 0.0302. The normalized spacial score (nSPS) is 14.0. The van der Waals surface area contributed by atoms with E-state index in [2.05, 4.69) is 74.7 Å². The molecule has 0 fully saturated rings. The zero-order valence-electron chi connectivity index (χ0n) is 52.8. The van der Waals surface area contributed by atoms with E-state index >= 15 is 0 Å². The third kappa shape index (κ3) is 60.1. The molecule has 9 nitrogen and oxygen atoms in total. The van der Waals surface area contributed by atoms with Crippen LogP contribution in [0, 0.1) is 0 Å². The van der Waals surface area contributed by atoms with Crippen molar-refractivity contribution in [3.8, 4) is 0 Å². The average molecular weight is 1130 g/mol. The van der Waals surface area contributed by atoms with Crippen LogP contribution in [0.1, 0.15) is 316 Å². The van der Waals surface area contributed by atoms with Crippen LogP contribution < -0.4 is 10.2 Å². The van der Waals surface area contributed by atoms with Gasteiger partial charge in [0.1, 0.15) is 19.3 Å². The number of unbranched alkanes of at least 4 members (excludes halogenated alkanes) is 37. The largest absolute Gasteiger partial charge is 0.756 e. The molecule has 0 aliphatic carbocycles. The number of carbonyl (C=O) groups excluding carboxylic acids is 2. The van der Waals surface area contributed by atoms with Gasteiger partial charge in [0.25, 0.3) is 7.82 Å². The van der Waals surface area contributed by atoms with Crippen molar-refractivity contribution in [2.45, 2.75) is 328 Å². The van der Waals surface area contributed by atoms with E-state index in [1.54, 1.807) is 0 Å². The van der Waals surface area contributed by atoms with Crippen molar-refractivity contribution in [3.63, 3.8) is 0 Å². The first-order valence-electron chi connectivity index (χ1n) is 33.6. The Morgan fingerprint density at radius 3 is 1.20 bits per heavy atom. The quantitative estimate of drug-likeness (QED) is 0.0212. The summed E-state index contributed by atoms with van der Waals surface area (Å²) < 4.78 is 30.3. The monoisotopic (exact) mass is 1130 g/mol. The standard InChI is InChI=1S/C69H129N2O7P/c1-7-10-13-16-19-22-25-28-30-32-33-34-35-36-37-39-40-43-46-49-52-55-58-61-68(72)70-66(65-77-79(74,75)76-64-63-71(4,5)6)67(60-57-54-51-48-45-42-27-24-21-18-15-12-9-3)78-69(73)62-59-56-53-50-47-44-41-38-31-29-26-23-20-17-14-11-8-2/h20,23,29,31,41,44,50,53,57,60,66-67H,7-19,21-22,24-28,30,32-40,42-43,45-49,51-52,54-56,58-59,61-65H2,1-6H3,(H-,70,72,74,75)/b23-20-,31-29-,44-41-,53-50-,60-57+. The molecule has 1 amide bonds. The molecular formula is C69H129N2O7P. The topological polar surface area (TPSA) is 114 Å². The lowest BCUT2D eigenvalue weighted by Crippen LogP contribution is -2.47. The molecule has 3 unspecified atom stereocenters. The third-order valence-corrected chi connectivity index (χ3v) is 15.9. The molecule has 0 radical (unpaired) electrons. The lowest BCUT2D eigenvalue weighted by atomic mass is 10.0. The number of hydrogen-bond acceptors (Lipinski definition) is 7. The molecule has 0 bridgehead atoms. The van der Waals surface area contributed by atoms with E-state index < -0.39 is 32.5 Å². The maximum Gasteiger partial charge on any atom is 0.306 e. The molecule has 0 heterocycles. The molecular weight excluding hydrogens is 1000 g/mol. The van der Waals surface area contributed by atoms with Gasteiger partial charge in [0.05, 0.1) is 33.8 Å². The van der Waals surface area contributed by atoms with E-state index in [0.717, 1.165) is 64.2 Å². The summed E-state index contributed by atoms with van der Waals surface area (Å²) in [6.07, 6.45) is 74.9. The molecule has 0 aromatic carbocycles. The Kier molecular flexibility index (Phi) is 57.2. The van der Waals surface area contributed by atoms with Crippen molar-refractivity contribution in [2.24, 2.45) is 0 Å². The number of phosphoric ester groups is 1. The van der Waals surface area contributed by atoms with Crippen molar-refractivity contribution in [1.29, 1.82) is 0 Å². The Bertz CT molecular complexity index is 1540. The van der Waals surface area contributed by atoms with Crippen molar-refractivity contribution in [2.75, 3.05) is 40.9 Å². The summed E-state index contributed by atoms with van der Waals surface area (Å²) in [5, 5.41) is 3.03. The van der Waals surface area contributed by atoms with E-state index in [1.165, 1.54) is 212 Å². The minimum atomic E-state index is -4.71. The highest BCUT2D eigenvalue weighted by Crippen LogP contribution is 2.38. The number of esters is 1. The highest BCUT2D eigenvalue weighted by atomic mass is 31.2. The molecule has 0 aromatic rings. The van der Waals surface area contributed by atoms with Crippen molar-refractivity contribution < 1.29 is 37.3 Å². The molecule has 79 heavy (non-hydrogen) atoms. The summed E-state index contributed by atoms with van der Waals surface area (Å²) in [4.78, 5) is 40.1. The van der Waals surface area contributed by atoms with Crippen LogP contribution >= 0.6 is 7.82 Å². The molecule has 0 saturated carbocycles. The first-order valence-corrected chi connectivity index (χ1v) is 35.1. The lowest BCUT2D eigenvalue weighted by Gasteiger charge is -2.30. The van der Waals surface area contributed by atoms with Gasteiger partial charge < -0.3 is 28.5 Å². The number of ether oxygens (including phenoxy) is 1. The van der Waals surface area contributed by atoms with Crippen LogP contribution in [0.3, 0.4) is 0 Å². The average Bonchev–Trinajstić information content (AvgIpc) is 3.41. The summed E-state index contributed by atoms with van der Waals surface area (Å²) in [7, 11) is 1.16. The van der Waals surface area contributed by atoms with Gasteiger partial charge in [0.2, 0.25) is 5.91 Å². The molecule has 0 aromatic heterocycles. The molecule has 1 N–H and O–H groups in total. The van der Waals surface area contributed by atoms with E-state index in [9.17, 15) is 19.0 Å². The second-order valence-corrected chi connectivity index (χ2v) is 25.4. The van der Waals surface area contributed by atoms with Gasteiger partial charge in [-0.3, -0.25) is 14.2 Å². The molecule has 462 valence electrons. The summed E-state index contributed by atoms with van der Waals surface area (Å²) in [6.45, 7) is 6.82. The molecule has 10 heteroatoms. The zero-order chi connectivity index (χ0) is 57.9. The van der Waals surface area contributed by atoms with Gasteiger partial charge >= 0.3 is 5.97 Å². The predicted molar refractivity (Wildman–Crippen MR) is 339 cm³/mol. The Morgan fingerprint density at radius 1 is 0.443 bits per heavy atom. The maximum absolute atomic E-state index is 13.6. The molecule has 0 aliphatic heterocycles. The molecule has 0 aliphatic rings. The molecule has 0 spiro atoms. The zero-order valence-corrected chi connectivity index (χ0v) is 53.7. The fourth-order valence-electron chi connectivity index (χ4n) is 9.75. The number of hydrogen-bond donors (Lipinski definition) is 1. The van der Waals surface area contributed by atoms with Gasteiger partial charge in [-0.2, -0.15) is 0 Å². The van der Waals surface area contributed by atoms with Gasteiger partial charge in [-0.15, -0.1) is 0 Å². The smallest absolute Gasteiger partial charge is 0.306 e. The Balaban J connectivity index is 5.21. The summed E-state index contributed by atoms with van der Waals surface area (Å²) in [5.74, 6) is -0.595. The van der Waals surface area contributed by atoms with Crippen LogP contribution in [0.2, 0.25) is 0 Å². The number of allylic oxidation sites excluding steroid dienone is 9. The van der Waals surface area contributed by atoms with E-state index in [4.69, 9.17) is 13.8 Å². The number of phosphoric acid groups is 1. The van der Waals surface area contributed by atoms with Gasteiger partial charge in [-0.05, 0) is 70.3 Å². The number of nitrogens with one attached hydrogen (secondary N) is 1. The van der Waals surface area contributed by atoms with Crippen LogP contribution in [-0.2, 0) is 27.9 Å². The Morgan fingerprint density at radius 2 is 0.785 bits per heavy atom. The maximum atomic E-state index is 13.6. The number of rotatable bonds is 61. The van der Waals surface area contributed by atoms with Gasteiger partial charge in [-0.25, -0.2) is 0 Å². The first-order chi connectivity index (χ1) is 38.4. The number of carbonyl (C=O) groups is 2. The van der Waals surface area contributed by atoms with E-state index in [-0.39, 0.29) is 18.9 Å². The number of likely N-dealkylation sites (N-methyl/N-ethyl adjacent to an activating group) is 1. The Hall–Kier alpha value is -2.29. The molecule has 0 rings (SSSR count). The van der Waals surface area contributed by atoms with Crippen molar-refractivity contribution in [1.82, 2.24) is 5.32 Å². The second kappa shape index (κ2) is 58.9. The van der Waals surface area contributed by atoms with Gasteiger partial charge in [0, 0.05) is 12.8 Å². The summed E-state index contributed by atoms with van der Waals surface area (Å²) in [5.41, 5.74) is 0. The third-order valence-electron chi connectivity index (χ3n) is 15.0. The highest BCUT2D eigenvalue weighted by molar-refractivity contribution is 7.45. The van der Waals surface area contributed by atoms with Crippen LogP contribution in [0.4, 0.5) is 0 Å². The van der Waals surface area contributed by atoms with Crippen LogP contribution in [0.15, 0.2) is 60.8 Å². The first kappa shape index (κ1) is 76.7. The second-order valence-electron chi connectivity index (χ2n) is 24.0. The van der Waals surface area contributed by atoms with Gasteiger partial charge in [-0.1, -0.05) is 294 Å². The van der Waals surface area contributed by atoms with Crippen molar-refractivity contribution in [3.05, 3.63) is 60.8 Å². The van der Waals surface area contributed by atoms with Crippen molar-refractivity contribution >= 4 is 19.7 Å². The van der Waals surface area contributed by atoms with E-state index in [1.807, 2.05) is 33.3 Å². The number of amides is 1. The number of nitrogens with zero attached hydrogens (tertiary/aromatic N) is 1. The summed E-state index contributed by atoms with van der Waals surface area (Å²) >= 11 is 0. The Labute approximate surface area is 490 Å².